The fourth-order valence-corrected chi connectivity index (χ4v) is 4.01. The zero-order chi connectivity index (χ0) is 16.6. The van der Waals surface area contributed by atoms with Crippen molar-refractivity contribution in [1.82, 2.24) is 19.9 Å². The van der Waals surface area contributed by atoms with Crippen molar-refractivity contribution in [2.24, 2.45) is 5.41 Å². The Morgan fingerprint density at radius 2 is 2.21 bits per heavy atom. The lowest BCUT2D eigenvalue weighted by Crippen LogP contribution is -2.54. The molecule has 2 aliphatic rings. The SMILES string of the molecule is O=C(c1cncc2[nH]cnc12)N1CC2(CCOCC2)CCC1CO. The number of carbonyl (C=O) groups is 1. The number of fused-ring (bicyclic) bond motifs is 1. The lowest BCUT2D eigenvalue weighted by atomic mass is 9.72. The average molecular weight is 330 g/mol. The molecule has 7 heteroatoms. The van der Waals surface area contributed by atoms with Gasteiger partial charge in [0.1, 0.15) is 5.52 Å². The molecular weight excluding hydrogens is 308 g/mol. The van der Waals surface area contributed by atoms with Crippen molar-refractivity contribution in [3.8, 4) is 0 Å². The van der Waals surface area contributed by atoms with Gasteiger partial charge in [0.2, 0.25) is 0 Å². The highest BCUT2D eigenvalue weighted by Gasteiger charge is 2.42. The summed E-state index contributed by atoms with van der Waals surface area (Å²) in [5, 5.41) is 9.76. The summed E-state index contributed by atoms with van der Waals surface area (Å²) in [5.74, 6) is -0.0928. The minimum atomic E-state index is -0.139. The minimum Gasteiger partial charge on any atom is -0.394 e. The third-order valence-electron chi connectivity index (χ3n) is 5.54. The van der Waals surface area contributed by atoms with E-state index in [0.717, 1.165) is 44.4 Å². The van der Waals surface area contributed by atoms with Crippen LogP contribution in [0.1, 0.15) is 36.0 Å². The molecule has 4 heterocycles. The van der Waals surface area contributed by atoms with Crippen molar-refractivity contribution in [2.45, 2.75) is 31.7 Å². The first kappa shape index (κ1) is 15.5. The summed E-state index contributed by atoms with van der Waals surface area (Å²) in [4.78, 5) is 26.4. The molecule has 2 aromatic heterocycles. The van der Waals surface area contributed by atoms with E-state index in [-0.39, 0.29) is 24.0 Å². The van der Waals surface area contributed by atoms with Crippen molar-refractivity contribution in [1.29, 1.82) is 0 Å². The van der Waals surface area contributed by atoms with Crippen LogP contribution in [-0.2, 0) is 4.74 Å². The first-order valence-electron chi connectivity index (χ1n) is 8.49. The van der Waals surface area contributed by atoms with Crippen LogP contribution in [0, 0.1) is 5.41 Å². The van der Waals surface area contributed by atoms with Crippen molar-refractivity contribution in [3.05, 3.63) is 24.3 Å². The molecule has 2 saturated heterocycles. The number of aliphatic hydroxyl groups excluding tert-OH is 1. The number of carbonyl (C=O) groups excluding carboxylic acids is 1. The monoisotopic (exact) mass is 330 g/mol. The molecule has 2 aliphatic heterocycles. The average Bonchev–Trinajstić information content (AvgIpc) is 3.10. The predicted molar refractivity (Wildman–Crippen MR) is 87.5 cm³/mol. The smallest absolute Gasteiger partial charge is 0.258 e. The number of H-pyrrole nitrogens is 1. The van der Waals surface area contributed by atoms with Crippen molar-refractivity contribution in [2.75, 3.05) is 26.4 Å². The highest BCUT2D eigenvalue weighted by atomic mass is 16.5. The number of pyridine rings is 1. The molecular formula is C17H22N4O3. The van der Waals surface area contributed by atoms with Crippen molar-refractivity contribution in [3.63, 3.8) is 0 Å². The molecule has 1 amide bonds. The Balaban J connectivity index is 1.66. The second-order valence-corrected chi connectivity index (χ2v) is 6.91. The fourth-order valence-electron chi connectivity index (χ4n) is 4.01. The highest BCUT2D eigenvalue weighted by molar-refractivity contribution is 6.04. The van der Waals surface area contributed by atoms with E-state index < -0.39 is 0 Å². The van der Waals surface area contributed by atoms with Gasteiger partial charge in [0.15, 0.2) is 0 Å². The quantitative estimate of drug-likeness (QED) is 0.867. The van der Waals surface area contributed by atoms with Crippen molar-refractivity contribution < 1.29 is 14.6 Å². The molecule has 4 rings (SSSR count). The number of nitrogens with zero attached hydrogens (tertiary/aromatic N) is 3. The number of amides is 1. The number of likely N-dealkylation sites (tertiary alicyclic amines) is 1. The normalized spacial score (nSPS) is 23.7. The third kappa shape index (κ3) is 2.57. The molecule has 2 fully saturated rings. The maximum atomic E-state index is 13.2. The van der Waals surface area contributed by atoms with E-state index in [2.05, 4.69) is 15.0 Å². The van der Waals surface area contributed by atoms with Gasteiger partial charge in [-0.2, -0.15) is 0 Å². The maximum absolute atomic E-state index is 13.2. The summed E-state index contributed by atoms with van der Waals surface area (Å²) in [7, 11) is 0. The minimum absolute atomic E-state index is 0.0116. The Labute approximate surface area is 140 Å². The lowest BCUT2D eigenvalue weighted by Gasteiger charge is -2.48. The van der Waals surface area contributed by atoms with Crippen LogP contribution in [0.5, 0.6) is 0 Å². The first-order valence-corrected chi connectivity index (χ1v) is 8.49. The molecule has 0 saturated carbocycles. The van der Waals surface area contributed by atoms with Crippen LogP contribution >= 0.6 is 0 Å². The zero-order valence-electron chi connectivity index (χ0n) is 13.6. The molecule has 0 aromatic carbocycles. The maximum Gasteiger partial charge on any atom is 0.258 e. The number of aromatic nitrogens is 3. The van der Waals surface area contributed by atoms with E-state index >= 15 is 0 Å². The molecule has 2 aromatic rings. The van der Waals surface area contributed by atoms with Crippen molar-refractivity contribution >= 4 is 16.9 Å². The zero-order valence-corrected chi connectivity index (χ0v) is 13.6. The van der Waals surface area contributed by atoms with Gasteiger partial charge in [-0.25, -0.2) is 4.98 Å². The summed E-state index contributed by atoms with van der Waals surface area (Å²) in [6.07, 6.45) is 8.62. The van der Waals surface area contributed by atoms with Gasteiger partial charge in [-0.1, -0.05) is 0 Å². The largest absolute Gasteiger partial charge is 0.394 e. The first-order chi connectivity index (χ1) is 11.7. The van der Waals surface area contributed by atoms with E-state index in [9.17, 15) is 9.90 Å². The molecule has 24 heavy (non-hydrogen) atoms. The number of hydrogen-bond acceptors (Lipinski definition) is 5. The van der Waals surface area contributed by atoms with E-state index in [4.69, 9.17) is 4.74 Å². The summed E-state index contributed by atoms with van der Waals surface area (Å²) in [5.41, 5.74) is 2.00. The van der Waals surface area contributed by atoms with E-state index in [1.807, 2.05) is 4.90 Å². The Morgan fingerprint density at radius 1 is 1.38 bits per heavy atom. The molecule has 1 atom stereocenters. The van der Waals surface area contributed by atoms with Gasteiger partial charge in [-0.15, -0.1) is 0 Å². The number of ether oxygens (including phenoxy) is 1. The van der Waals surface area contributed by atoms with Crippen LogP contribution in [0.2, 0.25) is 0 Å². The lowest BCUT2D eigenvalue weighted by molar-refractivity contribution is -0.0435. The van der Waals surface area contributed by atoms with Crippen LogP contribution in [-0.4, -0.2) is 63.3 Å². The number of imidazole rings is 1. The predicted octanol–water partition coefficient (Wildman–Crippen LogP) is 1.35. The summed E-state index contributed by atoms with van der Waals surface area (Å²) >= 11 is 0. The number of aliphatic hydroxyl groups is 1. The summed E-state index contributed by atoms with van der Waals surface area (Å²) in [6, 6.07) is -0.139. The van der Waals surface area contributed by atoms with Gasteiger partial charge >= 0.3 is 0 Å². The number of aromatic amines is 1. The summed E-state index contributed by atoms with van der Waals surface area (Å²) in [6.45, 7) is 2.16. The number of piperidine rings is 1. The fraction of sp³-hybridized carbons (Fsp3) is 0.588. The number of hydrogen-bond donors (Lipinski definition) is 2. The molecule has 0 aliphatic carbocycles. The molecule has 7 nitrogen and oxygen atoms in total. The van der Waals surface area contributed by atoms with E-state index in [1.165, 1.54) is 0 Å². The second-order valence-electron chi connectivity index (χ2n) is 6.91. The van der Waals surface area contributed by atoms with Gasteiger partial charge in [0, 0.05) is 26.0 Å². The Hall–Kier alpha value is -1.99. The van der Waals surface area contributed by atoms with Gasteiger partial charge in [0.25, 0.3) is 5.91 Å². The molecule has 0 radical (unpaired) electrons. The Morgan fingerprint density at radius 3 is 3.00 bits per heavy atom. The number of nitrogens with one attached hydrogen (secondary N) is 1. The molecule has 1 spiro atoms. The Bertz CT molecular complexity index is 738. The standard InChI is InChI=1S/C17H22N4O3/c22-9-12-1-2-17(3-5-24-6-4-17)10-21(12)16(23)13-7-18-8-14-15(13)20-11-19-14/h7-8,11-12,22H,1-6,9-10H2,(H,19,20). The van der Waals surface area contributed by atoms with E-state index in [0.29, 0.717) is 17.6 Å². The van der Waals surface area contributed by atoms with Crippen LogP contribution < -0.4 is 0 Å². The topological polar surface area (TPSA) is 91.3 Å². The highest BCUT2D eigenvalue weighted by Crippen LogP contribution is 2.41. The van der Waals surface area contributed by atoms with Gasteiger partial charge in [-0.3, -0.25) is 9.78 Å². The van der Waals surface area contributed by atoms with Crippen LogP contribution in [0.3, 0.4) is 0 Å². The van der Waals surface area contributed by atoms with Crippen LogP contribution in [0.15, 0.2) is 18.7 Å². The molecule has 0 bridgehead atoms. The van der Waals surface area contributed by atoms with E-state index in [1.54, 1.807) is 18.7 Å². The molecule has 128 valence electrons. The molecule has 2 N–H and O–H groups in total. The molecule has 1 unspecified atom stereocenters. The third-order valence-corrected chi connectivity index (χ3v) is 5.54. The van der Waals surface area contributed by atoms with Gasteiger partial charge in [-0.05, 0) is 31.1 Å². The van der Waals surface area contributed by atoms with Gasteiger partial charge < -0.3 is 19.7 Å². The second kappa shape index (κ2) is 6.14. The summed E-state index contributed by atoms with van der Waals surface area (Å²) < 4.78 is 5.50. The Kier molecular flexibility index (Phi) is 3.97. The number of rotatable bonds is 2. The van der Waals surface area contributed by atoms with Gasteiger partial charge in [0.05, 0.1) is 36.3 Å². The van der Waals surface area contributed by atoms with Crippen LogP contribution in [0.25, 0.3) is 11.0 Å². The van der Waals surface area contributed by atoms with Crippen LogP contribution in [0.4, 0.5) is 0 Å².